The molecule has 0 aliphatic carbocycles. The fraction of sp³-hybridized carbons (Fsp3) is 0.524. The Hall–Kier alpha value is -5.83. The molecule has 2 aromatic heterocycles. The maximum atomic E-state index is 16.1. The van der Waals surface area contributed by atoms with Gasteiger partial charge >= 0.3 is 11.9 Å². The minimum absolute atomic E-state index is 0.0444. The summed E-state index contributed by atoms with van der Waals surface area (Å²) in [5.41, 5.74) is 2.71. The van der Waals surface area contributed by atoms with Crippen LogP contribution in [0.25, 0.3) is 32.9 Å². The fourth-order valence-electron chi connectivity index (χ4n) is 7.78. The summed E-state index contributed by atoms with van der Waals surface area (Å²) >= 11 is 0. The molecule has 20 heteroatoms. The molecule has 2 aromatic carbocycles. The van der Waals surface area contributed by atoms with Crippen LogP contribution in [-0.4, -0.2) is 140 Å². The lowest BCUT2D eigenvalue weighted by Crippen LogP contribution is -2.65. The van der Waals surface area contributed by atoms with Crippen LogP contribution >= 0.6 is 0 Å². The molecular formula is C42H55FN9O10+. The van der Waals surface area contributed by atoms with E-state index in [4.69, 9.17) is 24.0 Å². The summed E-state index contributed by atoms with van der Waals surface area (Å²) in [4.78, 5) is 77.1. The van der Waals surface area contributed by atoms with Crippen LogP contribution in [0.2, 0.25) is 0 Å². The largest absolute Gasteiger partial charge is 0.462 e. The highest BCUT2D eigenvalue weighted by Crippen LogP contribution is 2.42. The third kappa shape index (κ3) is 11.3. The summed E-state index contributed by atoms with van der Waals surface area (Å²) in [6.07, 6.45) is 2.15. The molecule has 0 atom stereocenters. The Morgan fingerprint density at radius 2 is 1.48 bits per heavy atom. The van der Waals surface area contributed by atoms with Gasteiger partial charge in [0.05, 0.1) is 76.1 Å². The van der Waals surface area contributed by atoms with Crippen LogP contribution in [0, 0.1) is 5.82 Å². The molecule has 7 rings (SSSR count). The molecule has 0 spiro atoms. The first-order valence-electron chi connectivity index (χ1n) is 20.9. The molecule has 0 saturated carbocycles. The van der Waals surface area contributed by atoms with Crippen LogP contribution < -0.4 is 25.9 Å². The van der Waals surface area contributed by atoms with Gasteiger partial charge in [-0.2, -0.15) is 5.10 Å². The van der Waals surface area contributed by atoms with E-state index in [0.717, 1.165) is 0 Å². The molecule has 4 bridgehead atoms. The fourth-order valence-corrected chi connectivity index (χ4v) is 7.78. The van der Waals surface area contributed by atoms with Crippen molar-refractivity contribution in [1.29, 1.82) is 0 Å². The van der Waals surface area contributed by atoms with Crippen molar-refractivity contribution < 1.29 is 52.1 Å². The summed E-state index contributed by atoms with van der Waals surface area (Å²) in [5.74, 6) is -2.91. The van der Waals surface area contributed by atoms with Crippen molar-refractivity contribution in [3.63, 3.8) is 0 Å². The molecule has 62 heavy (non-hydrogen) atoms. The summed E-state index contributed by atoms with van der Waals surface area (Å²) in [7, 11) is 0. The number of fused-ring (bicyclic) bond motifs is 2. The zero-order valence-electron chi connectivity index (χ0n) is 35.3. The lowest BCUT2D eigenvalue weighted by molar-refractivity contribution is -0.147. The highest BCUT2D eigenvalue weighted by Gasteiger charge is 2.46. The Kier molecular flexibility index (Phi) is 15.7. The first kappa shape index (κ1) is 45.7. The second kappa shape index (κ2) is 21.3. The van der Waals surface area contributed by atoms with Gasteiger partial charge in [-0.3, -0.25) is 28.7 Å². The molecule has 5 heterocycles. The quantitative estimate of drug-likeness (QED) is 0.0499. The second-order valence-electron chi connectivity index (χ2n) is 15.5. The predicted molar refractivity (Wildman–Crippen MR) is 223 cm³/mol. The average molecular weight is 865 g/mol. The molecule has 334 valence electrons. The molecule has 19 nitrogen and oxygen atoms in total. The normalized spacial score (nSPS) is 16.6. The SMILES string of the molecule is CC(=O)NCCOCCOCCOCCNC(=O)CCC(=O)[N+]12CCC(CC1)c1nn(CC(=O)NCC(=O)NCC(=O)OC(C)C)c3cccc(c13)-c1cc3c(cnn32)cc1F. The number of ether oxygens (including phenoxy) is 4. The maximum Gasteiger partial charge on any atom is 0.340 e. The number of rotatable bonds is 22. The number of quaternary nitrogens is 1. The van der Waals surface area contributed by atoms with Crippen molar-refractivity contribution >= 4 is 57.3 Å². The first-order valence-corrected chi connectivity index (χ1v) is 20.9. The monoisotopic (exact) mass is 864 g/mol. The van der Waals surface area contributed by atoms with Crippen LogP contribution in [0.15, 0.2) is 36.5 Å². The predicted octanol–water partition coefficient (Wildman–Crippen LogP) is 1.31. The van der Waals surface area contributed by atoms with Crippen LogP contribution in [-0.2, 0) is 54.3 Å². The molecule has 3 aliphatic heterocycles. The molecular weight excluding hydrogens is 810 g/mol. The van der Waals surface area contributed by atoms with Gasteiger partial charge in [0.15, 0.2) is 0 Å². The van der Waals surface area contributed by atoms with E-state index < -0.39 is 23.6 Å². The Morgan fingerprint density at radius 1 is 0.806 bits per heavy atom. The number of halogens is 1. The molecule has 3 aliphatic rings. The molecule has 1 saturated heterocycles. The number of piperidine rings is 1. The third-order valence-corrected chi connectivity index (χ3v) is 10.7. The first-order chi connectivity index (χ1) is 29.9. The van der Waals surface area contributed by atoms with Crippen molar-refractivity contribution in [2.75, 3.05) is 78.9 Å². The highest BCUT2D eigenvalue weighted by molar-refractivity contribution is 6.00. The lowest BCUT2D eigenvalue weighted by Gasteiger charge is -2.39. The van der Waals surface area contributed by atoms with E-state index >= 15 is 4.39 Å². The topological polar surface area (TPSA) is 223 Å². The number of benzene rings is 2. The zero-order chi connectivity index (χ0) is 44.2. The average Bonchev–Trinajstić information content (AvgIpc) is 3.82. The van der Waals surface area contributed by atoms with E-state index in [0.29, 0.717) is 98.6 Å². The number of nitrogens with zero attached hydrogens (tertiary/aromatic N) is 5. The molecule has 4 N–H and O–H groups in total. The number of carbonyl (C=O) groups excluding carboxylic acids is 6. The number of amides is 5. The van der Waals surface area contributed by atoms with E-state index in [1.807, 2.05) is 12.1 Å². The van der Waals surface area contributed by atoms with E-state index in [1.165, 1.54) is 13.0 Å². The summed E-state index contributed by atoms with van der Waals surface area (Å²) in [6, 6.07) is 8.49. The van der Waals surface area contributed by atoms with Crippen molar-refractivity contribution in [1.82, 2.24) is 45.5 Å². The van der Waals surface area contributed by atoms with Gasteiger partial charge in [0.1, 0.15) is 37.5 Å². The number of nitrogens with one attached hydrogen (secondary N) is 4. The number of esters is 1. The van der Waals surface area contributed by atoms with Gasteiger partial charge in [0.2, 0.25) is 23.6 Å². The van der Waals surface area contributed by atoms with Crippen LogP contribution in [0.5, 0.6) is 0 Å². The van der Waals surface area contributed by atoms with Crippen LogP contribution in [0.4, 0.5) is 4.39 Å². The van der Waals surface area contributed by atoms with E-state index in [1.54, 1.807) is 41.6 Å². The Bertz CT molecular complexity index is 2270. The lowest BCUT2D eigenvalue weighted by atomic mass is 9.88. The summed E-state index contributed by atoms with van der Waals surface area (Å²) in [6.45, 7) is 7.41. The standard InChI is InChI=1S/C42H54FN9O10/c1-27(2)62-40(58)25-47-37(55)24-46-38(56)26-50-34-6-4-5-31-32-22-35-30(21-33(32)43)23-48-51(35)52(13-9-29(10-14-52)42(49-50)41(31)34)39(57)8-7-36(54)45-12-16-60-18-20-61-19-17-59-15-11-44-28(3)53/h4-6,21-23,27,29H,7-20,24-26H2,1-3H3,(H3-,44,45,46,47,53,54,55,56)/p+1. The maximum absolute atomic E-state index is 16.1. The Morgan fingerprint density at radius 3 is 2.18 bits per heavy atom. The molecule has 4 aromatic rings. The van der Waals surface area contributed by atoms with Gasteiger partial charge in [0, 0.05) is 61.5 Å². The van der Waals surface area contributed by atoms with Crippen molar-refractivity contribution in [3.8, 4) is 11.1 Å². The van der Waals surface area contributed by atoms with Crippen molar-refractivity contribution in [3.05, 3.63) is 48.0 Å². The van der Waals surface area contributed by atoms with E-state index in [2.05, 4.69) is 26.4 Å². The van der Waals surface area contributed by atoms with Gasteiger partial charge in [-0.1, -0.05) is 16.9 Å². The number of carbonyl (C=O) groups is 6. The minimum Gasteiger partial charge on any atom is -0.462 e. The number of aromatic nitrogens is 4. The molecule has 1 fully saturated rings. The second-order valence-corrected chi connectivity index (χ2v) is 15.5. The Balaban J connectivity index is 1.08. The number of hydrogen-bond acceptors (Lipinski definition) is 12. The molecule has 5 amide bonds. The van der Waals surface area contributed by atoms with Gasteiger partial charge in [-0.25, -0.2) is 9.18 Å². The van der Waals surface area contributed by atoms with Crippen molar-refractivity contribution in [2.45, 2.75) is 65.0 Å². The molecule has 0 unspecified atom stereocenters. The minimum atomic E-state index is -0.592. The van der Waals surface area contributed by atoms with Gasteiger partial charge in [-0.05, 0) is 37.6 Å². The highest BCUT2D eigenvalue weighted by atomic mass is 19.1. The summed E-state index contributed by atoms with van der Waals surface area (Å²) < 4.78 is 38.8. The van der Waals surface area contributed by atoms with E-state index in [-0.39, 0.29) is 85.5 Å². The van der Waals surface area contributed by atoms with E-state index in [9.17, 15) is 28.8 Å². The molecule has 0 radical (unpaired) electrons. The van der Waals surface area contributed by atoms with Crippen LogP contribution in [0.3, 0.4) is 0 Å². The third-order valence-electron chi connectivity index (χ3n) is 10.7. The zero-order valence-corrected chi connectivity index (χ0v) is 35.3. The number of hydrogen-bond donors (Lipinski definition) is 4. The summed E-state index contributed by atoms with van der Waals surface area (Å²) in [5, 5.41) is 21.2. The van der Waals surface area contributed by atoms with Crippen LogP contribution in [0.1, 0.15) is 58.1 Å². The van der Waals surface area contributed by atoms with Gasteiger partial charge in [0.25, 0.3) is 0 Å². The smallest absolute Gasteiger partial charge is 0.340 e. The van der Waals surface area contributed by atoms with Gasteiger partial charge in [-0.15, -0.1) is 9.69 Å². The van der Waals surface area contributed by atoms with Crippen molar-refractivity contribution in [2.24, 2.45) is 0 Å². The van der Waals surface area contributed by atoms with Gasteiger partial charge < -0.3 is 40.2 Å². The Labute approximate surface area is 357 Å².